The number of thiazole rings is 1. The second-order valence-corrected chi connectivity index (χ2v) is 6.63. The first kappa shape index (κ1) is 14.9. The molecule has 0 spiro atoms. The van der Waals surface area contributed by atoms with Gasteiger partial charge in [0.1, 0.15) is 5.52 Å². The number of aromatic nitrogens is 2. The second-order valence-electron chi connectivity index (χ2n) is 5.16. The fraction of sp³-hybridized carbons (Fsp3) is 0.0667. The van der Waals surface area contributed by atoms with Gasteiger partial charge < -0.3 is 4.42 Å². The molecule has 0 unspecified atom stereocenters. The summed E-state index contributed by atoms with van der Waals surface area (Å²) in [5.41, 5.74) is 2.34. The largest absolute Gasteiger partial charge is 0.423 e. The van der Waals surface area contributed by atoms with E-state index < -0.39 is 4.92 Å². The Morgan fingerprint density at radius 1 is 1.29 bits per heavy atom. The molecule has 0 amide bonds. The van der Waals surface area contributed by atoms with Gasteiger partial charge in [-0.15, -0.1) is 0 Å². The molecule has 0 bridgehead atoms. The molecule has 4 rings (SSSR count). The third-order valence-electron chi connectivity index (χ3n) is 3.38. The van der Waals surface area contributed by atoms with Gasteiger partial charge in [-0.05, 0) is 36.8 Å². The Balaban J connectivity index is 1.76. The van der Waals surface area contributed by atoms with Crippen LogP contribution in [-0.2, 0) is 0 Å². The number of fused-ring (bicyclic) bond motifs is 2. The van der Waals surface area contributed by atoms with Crippen molar-refractivity contribution in [3.05, 3.63) is 51.0 Å². The molecule has 0 saturated carbocycles. The fourth-order valence-corrected chi connectivity index (χ4v) is 3.53. The number of oxazole rings is 1. The Labute approximate surface area is 144 Å². The smallest absolute Gasteiger partial charge is 0.302 e. The van der Waals surface area contributed by atoms with Gasteiger partial charge in [0.25, 0.3) is 5.69 Å². The zero-order valence-electron chi connectivity index (χ0n) is 12.2. The number of aryl methyl sites for hydroxylation is 1. The number of hydrogen-bond donors (Lipinski definition) is 1. The van der Waals surface area contributed by atoms with Gasteiger partial charge in [0, 0.05) is 11.1 Å². The maximum absolute atomic E-state index is 11.2. The average Bonchev–Trinajstić information content (AvgIpc) is 3.08. The number of nitro groups is 1. The van der Waals surface area contributed by atoms with Gasteiger partial charge in [-0.2, -0.15) is 4.98 Å². The molecule has 2 aromatic heterocycles. The highest BCUT2D eigenvalue weighted by Crippen LogP contribution is 2.35. The quantitative estimate of drug-likeness (QED) is 0.405. The van der Waals surface area contributed by atoms with Crippen LogP contribution in [0.5, 0.6) is 0 Å². The topological polar surface area (TPSA) is 94.1 Å². The molecule has 0 aliphatic heterocycles. The van der Waals surface area contributed by atoms with Crippen LogP contribution in [0.2, 0.25) is 5.02 Å². The Morgan fingerprint density at radius 2 is 2.12 bits per heavy atom. The number of nitrogens with one attached hydrogen (secondary N) is 1. The summed E-state index contributed by atoms with van der Waals surface area (Å²) in [6.07, 6.45) is 0. The van der Waals surface area contributed by atoms with Crippen molar-refractivity contribution in [1.82, 2.24) is 9.97 Å². The van der Waals surface area contributed by atoms with E-state index in [1.165, 1.54) is 17.4 Å². The summed E-state index contributed by atoms with van der Waals surface area (Å²) in [5.74, 6) is 0. The predicted octanol–water partition coefficient (Wildman–Crippen LogP) is 5.05. The van der Waals surface area contributed by atoms with E-state index in [2.05, 4.69) is 15.3 Å². The molecular formula is C15H9ClN4O3S. The van der Waals surface area contributed by atoms with Gasteiger partial charge in [0.05, 0.1) is 9.62 Å². The van der Waals surface area contributed by atoms with Crippen LogP contribution in [0.15, 0.2) is 34.7 Å². The number of benzene rings is 2. The number of hydrogen-bond acceptors (Lipinski definition) is 7. The molecule has 0 atom stereocenters. The monoisotopic (exact) mass is 360 g/mol. The van der Waals surface area contributed by atoms with E-state index in [1.54, 1.807) is 18.2 Å². The lowest BCUT2D eigenvalue weighted by molar-refractivity contribution is -0.383. The van der Waals surface area contributed by atoms with Crippen LogP contribution in [0.4, 0.5) is 16.8 Å². The van der Waals surface area contributed by atoms with E-state index in [0.717, 1.165) is 10.3 Å². The van der Waals surface area contributed by atoms with E-state index in [4.69, 9.17) is 16.0 Å². The second kappa shape index (κ2) is 5.43. The molecule has 0 fully saturated rings. The first-order chi connectivity index (χ1) is 11.5. The minimum absolute atomic E-state index is 0.0151. The summed E-state index contributed by atoms with van der Waals surface area (Å²) in [5, 5.41) is 15.2. The van der Waals surface area contributed by atoms with Crippen molar-refractivity contribution in [1.29, 1.82) is 0 Å². The standard InChI is InChI=1S/C15H9ClN4O3S/c1-7-4-10(20(21)22)13-12(5-7)24-15(18-13)19-14-17-9-6-8(16)2-3-11(9)23-14/h2-6H,1H3,(H,17,18,19). The highest BCUT2D eigenvalue weighted by atomic mass is 35.5. The van der Waals surface area contributed by atoms with Crippen molar-refractivity contribution in [3.63, 3.8) is 0 Å². The highest BCUT2D eigenvalue weighted by molar-refractivity contribution is 7.22. The number of rotatable bonds is 3. The van der Waals surface area contributed by atoms with Crippen molar-refractivity contribution in [2.45, 2.75) is 6.92 Å². The van der Waals surface area contributed by atoms with Crippen LogP contribution in [0.1, 0.15) is 5.56 Å². The normalized spacial score (nSPS) is 11.2. The zero-order valence-corrected chi connectivity index (χ0v) is 13.8. The van der Waals surface area contributed by atoms with Gasteiger partial charge in [-0.25, -0.2) is 4.98 Å². The van der Waals surface area contributed by atoms with Crippen molar-refractivity contribution >= 4 is 61.1 Å². The summed E-state index contributed by atoms with van der Waals surface area (Å²) >= 11 is 7.23. The van der Waals surface area contributed by atoms with Gasteiger partial charge in [-0.1, -0.05) is 22.9 Å². The molecule has 1 N–H and O–H groups in total. The SMILES string of the molecule is Cc1cc([N+](=O)[O-])c2nc(Nc3nc4cc(Cl)ccc4o3)sc2c1. The van der Waals surface area contributed by atoms with Crippen LogP contribution in [0.3, 0.4) is 0 Å². The number of nitrogens with zero attached hydrogens (tertiary/aromatic N) is 3. The van der Waals surface area contributed by atoms with Gasteiger partial charge in [0.2, 0.25) is 0 Å². The van der Waals surface area contributed by atoms with Gasteiger partial charge in [0.15, 0.2) is 16.2 Å². The predicted molar refractivity (Wildman–Crippen MR) is 93.3 cm³/mol. The van der Waals surface area contributed by atoms with E-state index in [9.17, 15) is 10.1 Å². The Hall–Kier alpha value is -2.71. The lowest BCUT2D eigenvalue weighted by Crippen LogP contribution is -1.91. The molecule has 2 aromatic carbocycles. The highest BCUT2D eigenvalue weighted by Gasteiger charge is 2.18. The van der Waals surface area contributed by atoms with Gasteiger partial charge in [-0.3, -0.25) is 15.4 Å². The summed E-state index contributed by atoms with van der Waals surface area (Å²) in [6.45, 7) is 1.81. The molecule has 120 valence electrons. The van der Waals surface area contributed by atoms with Crippen molar-refractivity contribution in [2.24, 2.45) is 0 Å². The van der Waals surface area contributed by atoms with Crippen LogP contribution >= 0.6 is 22.9 Å². The Bertz CT molecular complexity index is 1100. The molecule has 9 heteroatoms. The Morgan fingerprint density at radius 3 is 2.92 bits per heavy atom. The summed E-state index contributed by atoms with van der Waals surface area (Å²) in [4.78, 5) is 19.3. The first-order valence-electron chi connectivity index (χ1n) is 6.88. The Kier molecular flexibility index (Phi) is 3.36. The zero-order chi connectivity index (χ0) is 16.8. The van der Waals surface area contributed by atoms with E-state index in [0.29, 0.717) is 26.8 Å². The molecule has 7 nitrogen and oxygen atoms in total. The van der Waals surface area contributed by atoms with Crippen molar-refractivity contribution < 1.29 is 9.34 Å². The van der Waals surface area contributed by atoms with E-state index >= 15 is 0 Å². The van der Waals surface area contributed by atoms with E-state index in [1.807, 2.05) is 13.0 Å². The van der Waals surface area contributed by atoms with Crippen molar-refractivity contribution in [3.8, 4) is 0 Å². The first-order valence-corrected chi connectivity index (χ1v) is 8.08. The number of halogens is 1. The van der Waals surface area contributed by atoms with Crippen LogP contribution in [0, 0.1) is 17.0 Å². The third-order valence-corrected chi connectivity index (χ3v) is 4.53. The summed E-state index contributed by atoms with van der Waals surface area (Å²) < 4.78 is 6.30. The summed E-state index contributed by atoms with van der Waals surface area (Å²) in [6, 6.07) is 8.75. The third kappa shape index (κ3) is 2.55. The maximum Gasteiger partial charge on any atom is 0.302 e. The van der Waals surface area contributed by atoms with Crippen LogP contribution in [0.25, 0.3) is 21.3 Å². The maximum atomic E-state index is 11.2. The molecule has 24 heavy (non-hydrogen) atoms. The van der Waals surface area contributed by atoms with E-state index in [-0.39, 0.29) is 11.7 Å². The van der Waals surface area contributed by atoms with Crippen LogP contribution in [-0.4, -0.2) is 14.9 Å². The molecule has 0 radical (unpaired) electrons. The lowest BCUT2D eigenvalue weighted by atomic mass is 10.2. The molecule has 0 aliphatic rings. The van der Waals surface area contributed by atoms with Gasteiger partial charge >= 0.3 is 6.01 Å². The lowest BCUT2D eigenvalue weighted by Gasteiger charge is -1.94. The number of non-ortho nitro benzene ring substituents is 1. The molecule has 0 saturated heterocycles. The van der Waals surface area contributed by atoms with Crippen molar-refractivity contribution in [2.75, 3.05) is 5.32 Å². The fourth-order valence-electron chi connectivity index (χ4n) is 2.38. The average molecular weight is 361 g/mol. The van der Waals surface area contributed by atoms with Crippen LogP contribution < -0.4 is 5.32 Å². The minimum atomic E-state index is -0.430. The number of nitro benzene ring substituents is 1. The molecule has 2 heterocycles. The molecule has 4 aromatic rings. The number of anilines is 2. The summed E-state index contributed by atoms with van der Waals surface area (Å²) in [7, 11) is 0. The molecular weight excluding hydrogens is 352 g/mol. The molecule has 0 aliphatic carbocycles. The minimum Gasteiger partial charge on any atom is -0.423 e.